The van der Waals surface area contributed by atoms with E-state index in [-0.39, 0.29) is 0 Å². The Kier molecular flexibility index (Phi) is 1.92. The van der Waals surface area contributed by atoms with Crippen molar-refractivity contribution in [2.24, 2.45) is 11.8 Å². The van der Waals surface area contributed by atoms with Gasteiger partial charge in [0.25, 0.3) is 0 Å². The Balaban J connectivity index is 1.72. The normalized spacial score (nSPS) is 33.9. The Morgan fingerprint density at radius 3 is 2.82 bits per heavy atom. The fourth-order valence-corrected chi connectivity index (χ4v) is 1.88. The molecule has 0 amide bonds. The van der Waals surface area contributed by atoms with Gasteiger partial charge in [0.1, 0.15) is 0 Å². The first-order valence-electron chi connectivity index (χ1n) is 4.38. The summed E-state index contributed by atoms with van der Waals surface area (Å²) in [5.41, 5.74) is 0. The minimum Gasteiger partial charge on any atom is -0.292 e. The fourth-order valence-electron chi connectivity index (χ4n) is 1.88. The van der Waals surface area contributed by atoms with Crippen LogP contribution in [-0.2, 0) is 0 Å². The first kappa shape index (κ1) is 7.25. The second kappa shape index (κ2) is 2.91. The van der Waals surface area contributed by atoms with Gasteiger partial charge in [-0.15, -0.1) is 5.92 Å². The second-order valence-corrected chi connectivity index (χ2v) is 3.56. The van der Waals surface area contributed by atoms with Crippen molar-refractivity contribution >= 4 is 7.28 Å². The van der Waals surface area contributed by atoms with Crippen LogP contribution >= 0.6 is 0 Å². The molecule has 0 spiro atoms. The Morgan fingerprint density at radius 2 is 2.18 bits per heavy atom. The molecular weight excluding hydrogens is 133 g/mol. The zero-order valence-electron chi connectivity index (χ0n) is 7.01. The van der Waals surface area contributed by atoms with Crippen molar-refractivity contribution < 1.29 is 0 Å². The predicted octanol–water partition coefficient (Wildman–Crippen LogP) is 0.651. The third-order valence-electron chi connectivity index (χ3n) is 2.60. The van der Waals surface area contributed by atoms with Gasteiger partial charge >= 0.3 is 0 Å². The molecule has 1 saturated carbocycles. The van der Waals surface area contributed by atoms with E-state index in [1.165, 1.54) is 19.5 Å². The Hall–Kier alpha value is -0.415. The van der Waals surface area contributed by atoms with Gasteiger partial charge in [0.15, 0.2) is 0 Å². The highest BCUT2D eigenvalue weighted by Gasteiger charge is 2.44. The summed E-state index contributed by atoms with van der Waals surface area (Å²) in [5, 5.41) is 0. The Bertz CT molecular complexity index is 193. The largest absolute Gasteiger partial charge is 0.292 e. The molecule has 11 heavy (non-hydrogen) atoms. The zero-order valence-corrected chi connectivity index (χ0v) is 7.01. The van der Waals surface area contributed by atoms with Gasteiger partial charge < -0.3 is 0 Å². The molecule has 1 aliphatic heterocycles. The van der Waals surface area contributed by atoms with Crippen LogP contribution < -0.4 is 0 Å². The van der Waals surface area contributed by atoms with Gasteiger partial charge in [-0.05, 0) is 18.3 Å². The summed E-state index contributed by atoms with van der Waals surface area (Å²) in [6.45, 7) is 5.58. The van der Waals surface area contributed by atoms with Crippen molar-refractivity contribution in [2.45, 2.75) is 13.2 Å². The lowest BCUT2D eigenvalue weighted by Crippen LogP contribution is -2.22. The number of likely N-dealkylation sites (tertiary alicyclic amines) is 1. The maximum atomic E-state index is 3.14. The molecule has 1 nitrogen and oxygen atoms in total. The molecule has 1 radical (unpaired) electrons. The Morgan fingerprint density at radius 1 is 1.45 bits per heavy atom. The second-order valence-electron chi connectivity index (χ2n) is 3.56. The lowest BCUT2D eigenvalue weighted by Gasteiger charge is -2.12. The van der Waals surface area contributed by atoms with Crippen LogP contribution in [-0.4, -0.2) is 31.8 Å². The van der Waals surface area contributed by atoms with Crippen LogP contribution in [0, 0.1) is 23.6 Å². The third kappa shape index (κ3) is 1.60. The van der Waals surface area contributed by atoms with Crippen molar-refractivity contribution in [3.05, 3.63) is 0 Å². The molecule has 1 saturated heterocycles. The van der Waals surface area contributed by atoms with Gasteiger partial charge in [-0.2, -0.15) is 5.82 Å². The summed E-state index contributed by atoms with van der Waals surface area (Å²) in [6.07, 6.45) is 1.49. The summed E-state index contributed by atoms with van der Waals surface area (Å²) >= 11 is 0. The van der Waals surface area contributed by atoms with Gasteiger partial charge in [0.2, 0.25) is 7.28 Å². The summed E-state index contributed by atoms with van der Waals surface area (Å²) in [5.74, 6) is 8.21. The van der Waals surface area contributed by atoms with Crippen molar-refractivity contribution in [2.75, 3.05) is 19.6 Å². The SMILES string of the molecule is C[B]C#CCN1CC2CC2C1. The van der Waals surface area contributed by atoms with Crippen LogP contribution in [0.3, 0.4) is 0 Å². The highest BCUT2D eigenvalue weighted by atomic mass is 15.2. The fraction of sp³-hybridized carbons (Fsp3) is 0.778. The summed E-state index contributed by atoms with van der Waals surface area (Å²) in [6, 6.07) is 0. The molecule has 1 aliphatic carbocycles. The van der Waals surface area contributed by atoms with Crippen LogP contribution in [0.4, 0.5) is 0 Å². The van der Waals surface area contributed by atoms with E-state index < -0.39 is 0 Å². The number of nitrogens with zero attached hydrogens (tertiary/aromatic N) is 1. The molecule has 2 rings (SSSR count). The van der Waals surface area contributed by atoms with Crippen LogP contribution in [0.25, 0.3) is 0 Å². The summed E-state index contributed by atoms with van der Waals surface area (Å²) in [7, 11) is 1.91. The number of fused-ring (bicyclic) bond motifs is 1. The van der Waals surface area contributed by atoms with E-state index in [0.717, 1.165) is 18.4 Å². The van der Waals surface area contributed by atoms with Crippen molar-refractivity contribution in [3.63, 3.8) is 0 Å². The molecule has 0 aromatic carbocycles. The first-order chi connectivity index (χ1) is 5.40. The van der Waals surface area contributed by atoms with Gasteiger partial charge in [-0.1, -0.05) is 6.82 Å². The number of hydrogen-bond donors (Lipinski definition) is 0. The molecule has 2 atom stereocenters. The standard InChI is InChI=1S/C9H13BN/c1-10-3-2-4-11-6-8-5-9(8)7-11/h8-9H,4-7H2,1H3. The average Bonchev–Trinajstić information content (AvgIpc) is 2.61. The average molecular weight is 146 g/mol. The summed E-state index contributed by atoms with van der Waals surface area (Å²) in [4.78, 5) is 2.47. The lowest BCUT2D eigenvalue weighted by molar-refractivity contribution is 0.343. The molecule has 2 fully saturated rings. The highest BCUT2D eigenvalue weighted by molar-refractivity contribution is 6.44. The van der Waals surface area contributed by atoms with Crippen molar-refractivity contribution in [1.29, 1.82) is 0 Å². The number of piperidine rings is 1. The Labute approximate surface area is 69.4 Å². The smallest absolute Gasteiger partial charge is 0.212 e. The maximum Gasteiger partial charge on any atom is 0.212 e. The minimum absolute atomic E-state index is 0.983. The van der Waals surface area contributed by atoms with Crippen LogP contribution in [0.2, 0.25) is 6.82 Å². The summed E-state index contributed by atoms with van der Waals surface area (Å²) < 4.78 is 0. The van der Waals surface area contributed by atoms with E-state index in [1.807, 2.05) is 14.1 Å². The van der Waals surface area contributed by atoms with Crippen molar-refractivity contribution in [1.82, 2.24) is 4.90 Å². The molecule has 0 aromatic rings. The molecular formula is C9H13BN. The number of rotatable bonds is 1. The molecule has 2 unspecified atom stereocenters. The number of hydrogen-bond acceptors (Lipinski definition) is 1. The predicted molar refractivity (Wildman–Crippen MR) is 47.4 cm³/mol. The molecule has 2 aliphatic rings. The molecule has 0 bridgehead atoms. The lowest BCUT2D eigenvalue weighted by atomic mass is 9.84. The monoisotopic (exact) mass is 146 g/mol. The molecule has 0 N–H and O–H groups in total. The van der Waals surface area contributed by atoms with E-state index >= 15 is 0 Å². The third-order valence-corrected chi connectivity index (χ3v) is 2.60. The highest BCUT2D eigenvalue weighted by Crippen LogP contribution is 2.44. The minimum atomic E-state index is 0.983. The van der Waals surface area contributed by atoms with Gasteiger partial charge in [0, 0.05) is 13.1 Å². The van der Waals surface area contributed by atoms with Crippen molar-refractivity contribution in [3.8, 4) is 11.7 Å². The van der Waals surface area contributed by atoms with E-state index in [4.69, 9.17) is 0 Å². The zero-order chi connectivity index (χ0) is 7.68. The molecule has 2 heteroatoms. The van der Waals surface area contributed by atoms with Gasteiger partial charge in [-0.25, -0.2) is 0 Å². The van der Waals surface area contributed by atoms with Gasteiger partial charge in [-0.3, -0.25) is 4.90 Å². The molecule has 57 valence electrons. The van der Waals surface area contributed by atoms with Crippen LogP contribution in [0.5, 0.6) is 0 Å². The van der Waals surface area contributed by atoms with E-state index in [0.29, 0.717) is 0 Å². The van der Waals surface area contributed by atoms with Gasteiger partial charge in [0.05, 0.1) is 6.54 Å². The molecule has 1 heterocycles. The topological polar surface area (TPSA) is 3.24 Å². The van der Waals surface area contributed by atoms with Crippen LogP contribution in [0.15, 0.2) is 0 Å². The van der Waals surface area contributed by atoms with E-state index in [9.17, 15) is 0 Å². The van der Waals surface area contributed by atoms with Crippen LogP contribution in [0.1, 0.15) is 6.42 Å². The van der Waals surface area contributed by atoms with E-state index in [2.05, 4.69) is 16.6 Å². The maximum absolute atomic E-state index is 3.14. The first-order valence-corrected chi connectivity index (χ1v) is 4.38. The quantitative estimate of drug-likeness (QED) is 0.387. The molecule has 0 aromatic heterocycles. The van der Waals surface area contributed by atoms with E-state index in [1.54, 1.807) is 0 Å².